The van der Waals surface area contributed by atoms with Crippen molar-refractivity contribution in [3.63, 3.8) is 0 Å². The van der Waals surface area contributed by atoms with Crippen LogP contribution in [-0.4, -0.2) is 39.8 Å². The average molecular weight is 327 g/mol. The third kappa shape index (κ3) is 2.90. The van der Waals surface area contributed by atoms with E-state index in [1.165, 1.54) is 12.8 Å². The normalized spacial score (nSPS) is 21.4. The first-order valence-corrected chi connectivity index (χ1v) is 9.03. The van der Waals surface area contributed by atoms with Gasteiger partial charge in [-0.25, -0.2) is 9.67 Å². The lowest BCUT2D eigenvalue weighted by Crippen LogP contribution is -2.45. The van der Waals surface area contributed by atoms with Gasteiger partial charge in [0.2, 0.25) is 0 Å². The fraction of sp³-hybridized carbons (Fsp3) is 0.611. The number of pyridine rings is 1. The number of piperidine rings is 1. The molecule has 2 aromatic rings. The Balaban J connectivity index is 1.71. The predicted molar refractivity (Wildman–Crippen MR) is 93.2 cm³/mol. The molecule has 6 heteroatoms. The summed E-state index contributed by atoms with van der Waals surface area (Å²) in [4.78, 5) is 17.7. The maximum absolute atomic E-state index is 12.9. The van der Waals surface area contributed by atoms with Gasteiger partial charge in [-0.05, 0) is 52.1 Å². The van der Waals surface area contributed by atoms with E-state index in [1.807, 2.05) is 10.7 Å². The molecule has 2 fully saturated rings. The zero-order valence-electron chi connectivity index (χ0n) is 14.4. The molecule has 0 unspecified atom stereocenters. The minimum absolute atomic E-state index is 0.00121. The van der Waals surface area contributed by atoms with E-state index < -0.39 is 0 Å². The summed E-state index contributed by atoms with van der Waals surface area (Å²) in [7, 11) is 0. The van der Waals surface area contributed by atoms with Crippen LogP contribution in [0.4, 0.5) is 0 Å². The summed E-state index contributed by atoms with van der Waals surface area (Å²) in [6.07, 6.45) is 6.26. The molecule has 0 aromatic carbocycles. The van der Waals surface area contributed by atoms with E-state index in [9.17, 15) is 4.79 Å². The van der Waals surface area contributed by atoms with Gasteiger partial charge >= 0.3 is 0 Å². The van der Waals surface area contributed by atoms with Crippen molar-refractivity contribution >= 4 is 16.9 Å². The van der Waals surface area contributed by atoms with Crippen molar-refractivity contribution < 1.29 is 4.79 Å². The van der Waals surface area contributed by atoms with Crippen LogP contribution in [0.2, 0.25) is 0 Å². The molecule has 1 atom stereocenters. The van der Waals surface area contributed by atoms with Crippen LogP contribution in [0.3, 0.4) is 0 Å². The Morgan fingerprint density at radius 1 is 1.38 bits per heavy atom. The second-order valence-corrected chi connectivity index (χ2v) is 7.31. The van der Waals surface area contributed by atoms with Crippen molar-refractivity contribution in [1.82, 2.24) is 25.4 Å². The molecule has 1 saturated carbocycles. The molecule has 1 amide bonds. The van der Waals surface area contributed by atoms with Crippen molar-refractivity contribution in [3.8, 4) is 0 Å². The molecule has 6 nitrogen and oxygen atoms in total. The van der Waals surface area contributed by atoms with Gasteiger partial charge in [-0.15, -0.1) is 0 Å². The first kappa shape index (κ1) is 15.6. The van der Waals surface area contributed by atoms with Crippen LogP contribution in [0.5, 0.6) is 0 Å². The summed E-state index contributed by atoms with van der Waals surface area (Å²) < 4.78 is 1.92. The molecule has 24 heavy (non-hydrogen) atoms. The number of nitrogens with zero attached hydrogens (tertiary/aromatic N) is 3. The number of fused-ring (bicyclic) bond motifs is 1. The van der Waals surface area contributed by atoms with E-state index in [1.54, 1.807) is 6.20 Å². The molecule has 2 aliphatic rings. The zero-order valence-corrected chi connectivity index (χ0v) is 14.4. The van der Waals surface area contributed by atoms with Crippen LogP contribution in [0.15, 0.2) is 12.3 Å². The molecule has 4 rings (SSSR count). The Kier molecular flexibility index (Phi) is 4.00. The molecule has 1 saturated heterocycles. The monoisotopic (exact) mass is 327 g/mol. The van der Waals surface area contributed by atoms with Crippen molar-refractivity contribution in [2.75, 3.05) is 13.1 Å². The highest BCUT2D eigenvalue weighted by Crippen LogP contribution is 2.40. The second-order valence-electron chi connectivity index (χ2n) is 7.31. The van der Waals surface area contributed by atoms with Crippen molar-refractivity contribution in [3.05, 3.63) is 23.5 Å². The lowest BCUT2D eigenvalue weighted by molar-refractivity contribution is 0.0932. The molecule has 0 radical (unpaired) electrons. The molecule has 1 aliphatic carbocycles. The lowest BCUT2D eigenvalue weighted by Gasteiger charge is -2.24. The Morgan fingerprint density at radius 3 is 2.88 bits per heavy atom. The fourth-order valence-electron chi connectivity index (χ4n) is 3.43. The van der Waals surface area contributed by atoms with Gasteiger partial charge in [0.1, 0.15) is 0 Å². The molecular formula is C18H25N5O. The number of amides is 1. The summed E-state index contributed by atoms with van der Waals surface area (Å²) in [6, 6.07) is 2.42. The fourth-order valence-corrected chi connectivity index (χ4v) is 3.43. The number of hydrogen-bond donors (Lipinski definition) is 2. The largest absolute Gasteiger partial charge is 0.348 e. The van der Waals surface area contributed by atoms with Gasteiger partial charge in [0, 0.05) is 30.2 Å². The van der Waals surface area contributed by atoms with Gasteiger partial charge < -0.3 is 10.6 Å². The smallest absolute Gasteiger partial charge is 0.252 e. The van der Waals surface area contributed by atoms with Gasteiger partial charge in [-0.2, -0.15) is 5.10 Å². The van der Waals surface area contributed by atoms with Crippen LogP contribution in [0.25, 0.3) is 11.0 Å². The highest BCUT2D eigenvalue weighted by Gasteiger charge is 2.28. The third-order valence-corrected chi connectivity index (χ3v) is 4.95. The van der Waals surface area contributed by atoms with Crippen LogP contribution < -0.4 is 10.6 Å². The number of carbonyl (C=O) groups is 1. The summed E-state index contributed by atoms with van der Waals surface area (Å²) in [5.41, 5.74) is 2.59. The zero-order chi connectivity index (χ0) is 16.7. The maximum atomic E-state index is 12.9. The highest BCUT2D eigenvalue weighted by molar-refractivity contribution is 6.05. The Labute approximate surface area is 142 Å². The van der Waals surface area contributed by atoms with Gasteiger partial charge in [0.05, 0.1) is 17.1 Å². The average Bonchev–Trinajstić information content (AvgIpc) is 3.33. The topological polar surface area (TPSA) is 71.8 Å². The van der Waals surface area contributed by atoms with E-state index in [-0.39, 0.29) is 18.0 Å². The Bertz CT molecular complexity index is 756. The predicted octanol–water partition coefficient (Wildman–Crippen LogP) is 2.37. The van der Waals surface area contributed by atoms with Crippen LogP contribution in [0.1, 0.15) is 67.5 Å². The summed E-state index contributed by atoms with van der Waals surface area (Å²) in [6.45, 7) is 6.07. The van der Waals surface area contributed by atoms with E-state index >= 15 is 0 Å². The van der Waals surface area contributed by atoms with Gasteiger partial charge in [-0.3, -0.25) is 4.79 Å². The van der Waals surface area contributed by atoms with E-state index in [4.69, 9.17) is 4.98 Å². The number of rotatable bonds is 4. The molecule has 1 aliphatic heterocycles. The summed E-state index contributed by atoms with van der Waals surface area (Å²) in [5, 5.41) is 11.9. The maximum Gasteiger partial charge on any atom is 0.252 e. The molecule has 2 N–H and O–H groups in total. The van der Waals surface area contributed by atoms with Crippen LogP contribution in [-0.2, 0) is 0 Å². The molecule has 2 aromatic heterocycles. The van der Waals surface area contributed by atoms with E-state index in [2.05, 4.69) is 29.6 Å². The highest BCUT2D eigenvalue weighted by atomic mass is 16.1. The minimum Gasteiger partial charge on any atom is -0.348 e. The van der Waals surface area contributed by atoms with Gasteiger partial charge in [0.15, 0.2) is 5.65 Å². The third-order valence-electron chi connectivity index (χ3n) is 4.95. The quantitative estimate of drug-likeness (QED) is 0.904. The van der Waals surface area contributed by atoms with Crippen molar-refractivity contribution in [2.24, 2.45) is 0 Å². The molecule has 0 spiro atoms. The number of nitrogens with one attached hydrogen (secondary N) is 2. The first-order chi connectivity index (χ1) is 11.6. The van der Waals surface area contributed by atoms with Crippen molar-refractivity contribution in [1.29, 1.82) is 0 Å². The summed E-state index contributed by atoms with van der Waals surface area (Å²) in [5.74, 6) is 0.508. The molecular weight excluding hydrogens is 302 g/mol. The van der Waals surface area contributed by atoms with Crippen LogP contribution in [0, 0.1) is 0 Å². The molecule has 3 heterocycles. The number of carbonyl (C=O) groups excluding carboxylic acids is 1. The van der Waals surface area contributed by atoms with Crippen molar-refractivity contribution in [2.45, 2.75) is 57.5 Å². The Morgan fingerprint density at radius 2 is 2.21 bits per heavy atom. The molecule has 128 valence electrons. The van der Waals surface area contributed by atoms with Crippen LogP contribution >= 0.6 is 0 Å². The second kappa shape index (κ2) is 6.16. The first-order valence-electron chi connectivity index (χ1n) is 9.03. The van der Waals surface area contributed by atoms with E-state index in [0.717, 1.165) is 48.2 Å². The summed E-state index contributed by atoms with van der Waals surface area (Å²) >= 11 is 0. The van der Waals surface area contributed by atoms with Gasteiger partial charge in [-0.1, -0.05) is 0 Å². The number of aromatic nitrogens is 3. The Hall–Kier alpha value is -1.95. The number of hydrogen-bond acceptors (Lipinski definition) is 4. The lowest BCUT2D eigenvalue weighted by atomic mass is 10.1. The van der Waals surface area contributed by atoms with Gasteiger partial charge in [0.25, 0.3) is 5.91 Å². The van der Waals surface area contributed by atoms with E-state index in [0.29, 0.717) is 5.92 Å². The SMILES string of the molecule is CC(C)n1ncc2c(C(=O)N[C@H]3CCCNC3)cc(C3CC3)nc21. The minimum atomic E-state index is 0.00121. The molecule has 0 bridgehead atoms. The standard InChI is InChI=1S/C18H25N5O/c1-11(2)23-17-15(10-20-23)14(8-16(22-17)12-5-6-12)18(24)21-13-4-3-7-19-9-13/h8,10-13,19H,3-7,9H2,1-2H3,(H,21,24)/t13-/m0/s1.